The van der Waals surface area contributed by atoms with Crippen LogP contribution in [-0.4, -0.2) is 61.9 Å². The van der Waals surface area contributed by atoms with E-state index < -0.39 is 0 Å². The molecule has 172 valence electrons. The highest BCUT2D eigenvalue weighted by Gasteiger charge is 2.36. The molecule has 1 saturated heterocycles. The van der Waals surface area contributed by atoms with Gasteiger partial charge in [0, 0.05) is 57.3 Å². The van der Waals surface area contributed by atoms with Crippen LogP contribution in [0, 0.1) is 24.7 Å². The van der Waals surface area contributed by atoms with Gasteiger partial charge >= 0.3 is 5.69 Å². The molecule has 5 rings (SSSR count). The van der Waals surface area contributed by atoms with Crippen LogP contribution in [0.25, 0.3) is 11.2 Å². The van der Waals surface area contributed by atoms with Gasteiger partial charge in [-0.05, 0) is 63.5 Å². The molecule has 3 fully saturated rings. The first-order valence-electron chi connectivity index (χ1n) is 12.0. The third-order valence-electron chi connectivity index (χ3n) is 7.59. The van der Waals surface area contributed by atoms with Crippen molar-refractivity contribution in [3.63, 3.8) is 0 Å². The van der Waals surface area contributed by atoms with Gasteiger partial charge in [0.1, 0.15) is 0 Å². The number of nitrogens with zero attached hydrogens (tertiary/aromatic N) is 5. The zero-order valence-corrected chi connectivity index (χ0v) is 19.1. The fourth-order valence-electron chi connectivity index (χ4n) is 5.38. The molecule has 0 aromatic carbocycles. The molecule has 3 aliphatic rings. The first kappa shape index (κ1) is 21.2. The Morgan fingerprint density at radius 3 is 1.97 bits per heavy atom. The van der Waals surface area contributed by atoms with Gasteiger partial charge in [0.05, 0.1) is 5.52 Å². The third kappa shape index (κ3) is 3.95. The minimum atomic E-state index is -0.0186. The van der Waals surface area contributed by atoms with Crippen molar-refractivity contribution >= 4 is 23.0 Å². The maximum atomic E-state index is 13.1. The van der Waals surface area contributed by atoms with Gasteiger partial charge in [0.2, 0.25) is 11.8 Å². The molecule has 0 atom stereocenters. The van der Waals surface area contributed by atoms with Crippen LogP contribution < -0.4 is 5.69 Å². The smallest absolute Gasteiger partial charge is 0.330 e. The summed E-state index contributed by atoms with van der Waals surface area (Å²) < 4.78 is 3.48. The number of carbonyl (C=O) groups excluding carboxylic acids is 2. The van der Waals surface area contributed by atoms with Crippen LogP contribution in [-0.2, 0) is 23.2 Å². The standard InChI is InChI=1S/C24H33N5O3/c1-16-3-10-20-21(25-16)29(24(32)26(20)2)15-17-4-6-18(7-5-17)22(30)27-11-13-28(14-12-27)23(31)19-8-9-19/h3,10,17-19H,4-9,11-15H2,1-2H3. The lowest BCUT2D eigenvalue weighted by Crippen LogP contribution is -2.52. The minimum Gasteiger partial charge on any atom is -0.339 e. The molecule has 3 heterocycles. The van der Waals surface area contributed by atoms with E-state index in [1.54, 1.807) is 11.6 Å². The molecule has 8 nitrogen and oxygen atoms in total. The Morgan fingerprint density at radius 2 is 1.44 bits per heavy atom. The molecule has 2 aromatic rings. The highest BCUT2D eigenvalue weighted by Crippen LogP contribution is 2.33. The van der Waals surface area contributed by atoms with Gasteiger partial charge in [-0.1, -0.05) is 0 Å². The summed E-state index contributed by atoms with van der Waals surface area (Å²) >= 11 is 0. The van der Waals surface area contributed by atoms with Gasteiger partial charge in [0.15, 0.2) is 5.65 Å². The summed E-state index contributed by atoms with van der Waals surface area (Å²) in [5, 5.41) is 0. The Morgan fingerprint density at radius 1 is 0.906 bits per heavy atom. The number of hydrogen-bond donors (Lipinski definition) is 0. The number of imidazole rings is 1. The van der Waals surface area contributed by atoms with Crippen molar-refractivity contribution in [3.8, 4) is 0 Å². The average Bonchev–Trinajstić information content (AvgIpc) is 3.64. The van der Waals surface area contributed by atoms with E-state index in [1.165, 1.54) is 0 Å². The number of aromatic nitrogens is 3. The predicted molar refractivity (Wildman–Crippen MR) is 121 cm³/mol. The maximum absolute atomic E-state index is 13.1. The third-order valence-corrected chi connectivity index (χ3v) is 7.59. The van der Waals surface area contributed by atoms with Crippen molar-refractivity contribution in [2.24, 2.45) is 24.8 Å². The lowest BCUT2D eigenvalue weighted by Gasteiger charge is -2.38. The quantitative estimate of drug-likeness (QED) is 0.729. The van der Waals surface area contributed by atoms with Crippen molar-refractivity contribution < 1.29 is 9.59 Å². The van der Waals surface area contributed by atoms with Gasteiger partial charge in [-0.2, -0.15) is 0 Å². The van der Waals surface area contributed by atoms with Crippen molar-refractivity contribution in [2.75, 3.05) is 26.2 Å². The molecule has 0 N–H and O–H groups in total. The summed E-state index contributed by atoms with van der Waals surface area (Å²) in [6.45, 7) is 5.27. The van der Waals surface area contributed by atoms with Crippen LogP contribution in [0.4, 0.5) is 0 Å². The van der Waals surface area contributed by atoms with Gasteiger partial charge in [-0.3, -0.25) is 18.7 Å². The topological polar surface area (TPSA) is 80.4 Å². The highest BCUT2D eigenvalue weighted by atomic mass is 16.2. The molecule has 0 bridgehead atoms. The summed E-state index contributed by atoms with van der Waals surface area (Å²) in [6, 6.07) is 3.90. The van der Waals surface area contributed by atoms with Crippen molar-refractivity contribution in [1.82, 2.24) is 23.9 Å². The number of rotatable bonds is 4. The van der Waals surface area contributed by atoms with E-state index in [-0.39, 0.29) is 29.3 Å². The second kappa shape index (κ2) is 8.37. The van der Waals surface area contributed by atoms with Gasteiger partial charge in [-0.25, -0.2) is 9.78 Å². The van der Waals surface area contributed by atoms with Crippen LogP contribution in [0.3, 0.4) is 0 Å². The van der Waals surface area contributed by atoms with E-state index >= 15 is 0 Å². The number of hydrogen-bond acceptors (Lipinski definition) is 4. The number of carbonyl (C=O) groups is 2. The SMILES string of the molecule is Cc1ccc2c(n1)n(CC1CCC(C(=O)N3CCN(C(=O)C4CC4)CC3)CC1)c(=O)n2C. The molecule has 8 heteroatoms. The Labute approximate surface area is 188 Å². The van der Waals surface area contributed by atoms with E-state index in [0.29, 0.717) is 38.6 Å². The van der Waals surface area contributed by atoms with E-state index in [0.717, 1.165) is 55.4 Å². The molecule has 2 aromatic heterocycles. The minimum absolute atomic E-state index is 0.0186. The van der Waals surface area contributed by atoms with E-state index in [4.69, 9.17) is 0 Å². The normalized spacial score (nSPS) is 24.2. The molecular weight excluding hydrogens is 406 g/mol. The van der Waals surface area contributed by atoms with Crippen LogP contribution in [0.15, 0.2) is 16.9 Å². The Hall–Kier alpha value is -2.64. The Kier molecular flexibility index (Phi) is 5.55. The van der Waals surface area contributed by atoms with Crippen LogP contribution in [0.5, 0.6) is 0 Å². The largest absolute Gasteiger partial charge is 0.339 e. The molecule has 2 amide bonds. The molecule has 0 spiro atoms. The number of amides is 2. The van der Waals surface area contributed by atoms with Gasteiger partial charge in [0.25, 0.3) is 0 Å². The average molecular weight is 440 g/mol. The van der Waals surface area contributed by atoms with Crippen LogP contribution >= 0.6 is 0 Å². The van der Waals surface area contributed by atoms with Crippen LogP contribution in [0.2, 0.25) is 0 Å². The first-order valence-corrected chi connectivity index (χ1v) is 12.0. The summed E-state index contributed by atoms with van der Waals surface area (Å²) in [7, 11) is 1.80. The summed E-state index contributed by atoms with van der Waals surface area (Å²) in [5.74, 6) is 1.24. The fraction of sp³-hybridized carbons (Fsp3) is 0.667. The lowest BCUT2D eigenvalue weighted by molar-refractivity contribution is -0.143. The van der Waals surface area contributed by atoms with Gasteiger partial charge < -0.3 is 9.80 Å². The fourth-order valence-corrected chi connectivity index (χ4v) is 5.38. The Bertz CT molecular complexity index is 1080. The van der Waals surface area contributed by atoms with E-state index in [9.17, 15) is 14.4 Å². The summed E-state index contributed by atoms with van der Waals surface area (Å²) in [4.78, 5) is 46.6. The Balaban J connectivity index is 1.16. The molecule has 1 aliphatic heterocycles. The zero-order chi connectivity index (χ0) is 22.4. The lowest BCUT2D eigenvalue weighted by atomic mass is 9.81. The highest BCUT2D eigenvalue weighted by molar-refractivity contribution is 5.82. The van der Waals surface area contributed by atoms with E-state index in [1.807, 2.05) is 33.4 Å². The molecule has 0 unspecified atom stereocenters. The number of fused-ring (bicyclic) bond motifs is 1. The maximum Gasteiger partial charge on any atom is 0.330 e. The zero-order valence-electron chi connectivity index (χ0n) is 19.1. The number of aryl methyl sites for hydroxylation is 2. The summed E-state index contributed by atoms with van der Waals surface area (Å²) in [6.07, 6.45) is 5.70. The second-order valence-corrected chi connectivity index (χ2v) is 9.89. The van der Waals surface area contributed by atoms with Crippen molar-refractivity contribution in [3.05, 3.63) is 28.3 Å². The van der Waals surface area contributed by atoms with Gasteiger partial charge in [-0.15, -0.1) is 0 Å². The molecule has 2 saturated carbocycles. The second-order valence-electron chi connectivity index (χ2n) is 9.89. The van der Waals surface area contributed by atoms with Crippen LogP contribution in [0.1, 0.15) is 44.2 Å². The number of piperazine rings is 1. The predicted octanol–water partition coefficient (Wildman–Crippen LogP) is 1.93. The summed E-state index contributed by atoms with van der Waals surface area (Å²) in [5.41, 5.74) is 2.51. The monoisotopic (exact) mass is 439 g/mol. The molecular formula is C24H33N5O3. The van der Waals surface area contributed by atoms with Crippen molar-refractivity contribution in [2.45, 2.75) is 52.0 Å². The van der Waals surface area contributed by atoms with Crippen molar-refractivity contribution in [1.29, 1.82) is 0 Å². The molecule has 32 heavy (non-hydrogen) atoms. The number of pyridine rings is 1. The molecule has 0 radical (unpaired) electrons. The molecule has 2 aliphatic carbocycles. The first-order chi connectivity index (χ1) is 15.4. The van der Waals surface area contributed by atoms with E-state index in [2.05, 4.69) is 4.98 Å².